The zero-order valence-electron chi connectivity index (χ0n) is 15.5. The van der Waals surface area contributed by atoms with Gasteiger partial charge in [-0.3, -0.25) is 15.2 Å². The average Bonchev–Trinajstić information content (AvgIpc) is 3.38. The fourth-order valence-electron chi connectivity index (χ4n) is 2.79. The summed E-state index contributed by atoms with van der Waals surface area (Å²) in [5.74, 6) is 0.103. The summed E-state index contributed by atoms with van der Waals surface area (Å²) in [6.45, 7) is 0.338. The summed E-state index contributed by atoms with van der Waals surface area (Å²) in [4.78, 5) is 16.5. The van der Waals surface area contributed by atoms with Crippen LogP contribution in [0.15, 0.2) is 60.9 Å². The van der Waals surface area contributed by atoms with Crippen LogP contribution < -0.4 is 10.1 Å². The molecule has 0 radical (unpaired) electrons. The summed E-state index contributed by atoms with van der Waals surface area (Å²) in [5.41, 5.74) is 2.43. The molecular formula is C20H17FN6O2. The van der Waals surface area contributed by atoms with Gasteiger partial charge in [0.05, 0.1) is 19.3 Å². The predicted octanol–water partition coefficient (Wildman–Crippen LogP) is 3.12. The van der Waals surface area contributed by atoms with Crippen LogP contribution >= 0.6 is 0 Å². The number of carbonyl (C=O) groups excluding carboxylic acids is 1. The Bertz CT molecular complexity index is 1150. The third kappa shape index (κ3) is 4.29. The van der Waals surface area contributed by atoms with E-state index < -0.39 is 5.91 Å². The minimum absolute atomic E-state index is 0.143. The zero-order valence-corrected chi connectivity index (χ0v) is 15.5. The van der Waals surface area contributed by atoms with Gasteiger partial charge in [-0.1, -0.05) is 24.3 Å². The second kappa shape index (κ2) is 7.93. The van der Waals surface area contributed by atoms with Crippen molar-refractivity contribution in [2.75, 3.05) is 12.4 Å². The lowest BCUT2D eigenvalue weighted by atomic mass is 10.1. The molecule has 29 heavy (non-hydrogen) atoms. The quantitative estimate of drug-likeness (QED) is 0.525. The van der Waals surface area contributed by atoms with E-state index in [4.69, 9.17) is 4.74 Å². The van der Waals surface area contributed by atoms with Gasteiger partial charge in [0.1, 0.15) is 23.6 Å². The van der Waals surface area contributed by atoms with Crippen molar-refractivity contribution in [2.45, 2.75) is 6.54 Å². The molecule has 9 heteroatoms. The van der Waals surface area contributed by atoms with Gasteiger partial charge in [-0.25, -0.2) is 14.1 Å². The lowest BCUT2D eigenvalue weighted by Crippen LogP contribution is -2.14. The first-order valence-corrected chi connectivity index (χ1v) is 8.76. The largest absolute Gasteiger partial charge is 0.497 e. The topological polar surface area (TPSA) is 97.7 Å². The molecule has 0 aliphatic heterocycles. The molecule has 2 N–H and O–H groups in total. The minimum atomic E-state index is -0.421. The smallest absolute Gasteiger partial charge is 0.276 e. The van der Waals surface area contributed by atoms with E-state index in [2.05, 4.69) is 25.6 Å². The number of hydrogen-bond acceptors (Lipinski definition) is 5. The normalized spacial score (nSPS) is 10.7. The molecule has 0 aliphatic carbocycles. The van der Waals surface area contributed by atoms with Crippen molar-refractivity contribution in [3.05, 3.63) is 78.0 Å². The van der Waals surface area contributed by atoms with Crippen LogP contribution in [-0.2, 0) is 6.54 Å². The van der Waals surface area contributed by atoms with Gasteiger partial charge < -0.3 is 4.74 Å². The minimum Gasteiger partial charge on any atom is -0.497 e. The number of rotatable bonds is 6. The van der Waals surface area contributed by atoms with Crippen molar-refractivity contribution in [3.8, 4) is 17.0 Å². The summed E-state index contributed by atoms with van der Waals surface area (Å²) in [6, 6.07) is 15.2. The molecule has 4 aromatic rings. The van der Waals surface area contributed by atoms with Crippen LogP contribution in [0.1, 0.15) is 16.1 Å². The lowest BCUT2D eigenvalue weighted by molar-refractivity contribution is 0.102. The monoisotopic (exact) mass is 392 g/mol. The first-order valence-electron chi connectivity index (χ1n) is 8.76. The molecule has 0 bridgehead atoms. The van der Waals surface area contributed by atoms with Gasteiger partial charge in [0, 0.05) is 5.56 Å². The number of aromatic amines is 1. The summed E-state index contributed by atoms with van der Waals surface area (Å²) < 4.78 is 20.0. The van der Waals surface area contributed by atoms with Crippen molar-refractivity contribution in [1.82, 2.24) is 25.0 Å². The van der Waals surface area contributed by atoms with Crippen LogP contribution in [0.2, 0.25) is 0 Å². The van der Waals surface area contributed by atoms with Crippen molar-refractivity contribution >= 4 is 11.9 Å². The number of methoxy groups -OCH3 is 1. The molecule has 0 atom stereocenters. The number of anilines is 1. The molecule has 2 aromatic carbocycles. The van der Waals surface area contributed by atoms with Crippen molar-refractivity contribution in [3.63, 3.8) is 0 Å². The fraction of sp³-hybridized carbons (Fsp3) is 0.100. The maximum absolute atomic E-state index is 13.3. The van der Waals surface area contributed by atoms with Crippen LogP contribution in [-0.4, -0.2) is 38.0 Å². The van der Waals surface area contributed by atoms with E-state index in [0.29, 0.717) is 18.0 Å². The van der Waals surface area contributed by atoms with Crippen LogP contribution in [0.5, 0.6) is 5.75 Å². The van der Waals surface area contributed by atoms with Crippen LogP contribution in [0.4, 0.5) is 10.3 Å². The molecule has 2 heterocycles. The van der Waals surface area contributed by atoms with Gasteiger partial charge in [-0.05, 0) is 35.9 Å². The van der Waals surface area contributed by atoms with Gasteiger partial charge in [0.25, 0.3) is 5.91 Å². The highest BCUT2D eigenvalue weighted by atomic mass is 19.1. The Hall–Kier alpha value is -4.01. The number of halogens is 1. The van der Waals surface area contributed by atoms with E-state index in [1.165, 1.54) is 23.1 Å². The zero-order chi connectivity index (χ0) is 20.2. The number of amides is 1. The average molecular weight is 392 g/mol. The highest BCUT2D eigenvalue weighted by Gasteiger charge is 2.14. The molecule has 0 aliphatic rings. The Kier molecular flexibility index (Phi) is 5.02. The maximum atomic E-state index is 13.3. The Balaban J connectivity index is 1.43. The standard InChI is InChI=1S/C20H17FN6O2/c1-29-16-7-3-5-14(9-16)17-10-18(25-24-17)19(28)23-20-22-12-27(26-20)11-13-4-2-6-15(21)8-13/h2-10,12H,11H2,1H3,(H,24,25)(H,23,26,28). The highest BCUT2D eigenvalue weighted by molar-refractivity contribution is 6.02. The Morgan fingerprint density at radius 1 is 1.21 bits per heavy atom. The number of H-pyrrole nitrogens is 1. The second-order valence-corrected chi connectivity index (χ2v) is 6.25. The summed E-state index contributed by atoms with van der Waals surface area (Å²) in [7, 11) is 1.59. The highest BCUT2D eigenvalue weighted by Crippen LogP contribution is 2.22. The number of aromatic nitrogens is 5. The van der Waals surface area contributed by atoms with E-state index in [1.807, 2.05) is 24.3 Å². The summed E-state index contributed by atoms with van der Waals surface area (Å²) >= 11 is 0. The van der Waals surface area contributed by atoms with Crippen LogP contribution in [0.3, 0.4) is 0 Å². The molecule has 1 amide bonds. The first kappa shape index (κ1) is 18.4. The summed E-state index contributed by atoms with van der Waals surface area (Å²) in [6.07, 6.45) is 1.47. The molecule has 0 unspecified atom stereocenters. The van der Waals surface area contributed by atoms with Crippen LogP contribution in [0, 0.1) is 5.82 Å². The van der Waals surface area contributed by atoms with E-state index in [1.54, 1.807) is 25.3 Å². The van der Waals surface area contributed by atoms with E-state index in [0.717, 1.165) is 11.1 Å². The Morgan fingerprint density at radius 3 is 2.90 bits per heavy atom. The Labute approximate surface area is 165 Å². The predicted molar refractivity (Wildman–Crippen MR) is 104 cm³/mol. The molecule has 0 saturated heterocycles. The third-order valence-electron chi connectivity index (χ3n) is 4.18. The molecule has 0 fully saturated rings. The first-order chi connectivity index (χ1) is 14.1. The second-order valence-electron chi connectivity index (χ2n) is 6.25. The number of hydrogen-bond donors (Lipinski definition) is 2. The maximum Gasteiger partial charge on any atom is 0.276 e. The molecule has 0 spiro atoms. The number of benzene rings is 2. The van der Waals surface area contributed by atoms with Crippen LogP contribution in [0.25, 0.3) is 11.3 Å². The van der Waals surface area contributed by atoms with Gasteiger partial charge in [-0.2, -0.15) is 5.10 Å². The van der Waals surface area contributed by atoms with E-state index >= 15 is 0 Å². The van der Waals surface area contributed by atoms with Crippen molar-refractivity contribution < 1.29 is 13.9 Å². The molecule has 146 valence electrons. The molecular weight excluding hydrogens is 375 g/mol. The third-order valence-corrected chi connectivity index (χ3v) is 4.18. The number of ether oxygens (including phenoxy) is 1. The summed E-state index contributed by atoms with van der Waals surface area (Å²) in [5, 5.41) is 13.7. The van der Waals surface area contributed by atoms with Crippen molar-refractivity contribution in [1.29, 1.82) is 0 Å². The fourth-order valence-corrected chi connectivity index (χ4v) is 2.79. The SMILES string of the molecule is COc1cccc(-c2cc(C(=O)Nc3ncn(Cc4cccc(F)c4)n3)[nH]n2)c1. The molecule has 2 aromatic heterocycles. The van der Waals surface area contributed by atoms with E-state index in [9.17, 15) is 9.18 Å². The lowest BCUT2D eigenvalue weighted by Gasteiger charge is -2.01. The van der Waals surface area contributed by atoms with Gasteiger partial charge in [0.2, 0.25) is 5.95 Å². The Morgan fingerprint density at radius 2 is 2.07 bits per heavy atom. The molecule has 0 saturated carbocycles. The molecule has 4 rings (SSSR count). The molecule has 8 nitrogen and oxygen atoms in total. The van der Waals surface area contributed by atoms with Gasteiger partial charge in [0.15, 0.2) is 0 Å². The van der Waals surface area contributed by atoms with Crippen molar-refractivity contribution in [2.24, 2.45) is 0 Å². The van der Waals surface area contributed by atoms with Gasteiger partial charge in [-0.15, -0.1) is 5.10 Å². The number of nitrogens with zero attached hydrogens (tertiary/aromatic N) is 4. The number of carbonyl (C=O) groups is 1. The number of nitrogens with one attached hydrogen (secondary N) is 2. The van der Waals surface area contributed by atoms with Gasteiger partial charge >= 0.3 is 0 Å². The van der Waals surface area contributed by atoms with E-state index in [-0.39, 0.29) is 17.5 Å².